The fourth-order valence-electron chi connectivity index (χ4n) is 0.0758. The first-order valence-electron chi connectivity index (χ1n) is 2.13. The topological polar surface area (TPSA) is 0 Å². The summed E-state index contributed by atoms with van der Waals surface area (Å²) in [6, 6.07) is 0. The highest BCUT2D eigenvalue weighted by atomic mass is 35.5. The molecule has 0 bridgehead atoms. The molecule has 0 aromatic carbocycles. The molecule has 0 saturated heterocycles. The van der Waals surface area contributed by atoms with E-state index in [1.165, 1.54) is 0 Å². The third-order valence-corrected chi connectivity index (χ3v) is 1.34. The molecule has 0 aliphatic carbocycles. The van der Waals surface area contributed by atoms with Crippen LogP contribution in [0.3, 0.4) is 0 Å². The predicted molar refractivity (Wildman–Crippen MR) is 26.3 cm³/mol. The van der Waals surface area contributed by atoms with Crippen LogP contribution < -0.4 is 0 Å². The van der Waals surface area contributed by atoms with Crippen molar-refractivity contribution in [2.24, 2.45) is 0 Å². The number of hydrogen-bond donors (Lipinski definition) is 0. The number of rotatable bonds is 1. The van der Waals surface area contributed by atoms with Gasteiger partial charge >= 0.3 is 6.18 Å². The van der Waals surface area contributed by atoms with E-state index in [0.29, 0.717) is 6.92 Å². The Bertz CT molecular complexity index is 95.2. The Labute approximate surface area is 54.8 Å². The number of hydrogen-bond acceptors (Lipinski definition) is 0. The maximum Gasteiger partial charge on any atom is 0.423 e. The molecule has 0 aliphatic heterocycles. The second-order valence-electron chi connectivity index (χ2n) is 1.83. The highest BCUT2D eigenvalue weighted by Crippen LogP contribution is 2.34. The third-order valence-electron chi connectivity index (χ3n) is 0.842. The summed E-state index contributed by atoms with van der Waals surface area (Å²) in [5.41, 5.74) is -3.26. The molecule has 9 heavy (non-hydrogen) atoms. The summed E-state index contributed by atoms with van der Waals surface area (Å²) < 4.78 is 46.2. The minimum atomic E-state index is -4.85. The van der Waals surface area contributed by atoms with Gasteiger partial charge in [0.25, 0.3) is 0 Å². The van der Waals surface area contributed by atoms with E-state index < -0.39 is 17.7 Å². The molecule has 0 N–H and O–H groups in total. The van der Waals surface area contributed by atoms with Crippen LogP contribution in [0.2, 0.25) is 0 Å². The molecule has 0 spiro atoms. The Balaban J connectivity index is 4.14. The Kier molecular flexibility index (Phi) is 2.33. The average molecular weight is 165 g/mol. The van der Waals surface area contributed by atoms with Gasteiger partial charge in [-0.15, -0.1) is 11.6 Å². The smallest absolute Gasteiger partial charge is 0.233 e. The zero-order valence-corrected chi connectivity index (χ0v) is 5.35. The van der Waals surface area contributed by atoms with Crippen molar-refractivity contribution < 1.29 is 17.6 Å². The lowest BCUT2D eigenvalue weighted by molar-refractivity contribution is -0.215. The van der Waals surface area contributed by atoms with Gasteiger partial charge in [0.1, 0.15) is 0 Å². The van der Waals surface area contributed by atoms with Gasteiger partial charge in [0, 0.05) is 0 Å². The van der Waals surface area contributed by atoms with E-state index in [4.69, 9.17) is 0 Å². The van der Waals surface area contributed by atoms with Gasteiger partial charge in [0.05, 0.1) is 5.88 Å². The molecule has 0 aliphatic rings. The monoisotopic (exact) mass is 164 g/mol. The Hall–Kier alpha value is 0.01000. The number of alkyl halides is 5. The highest BCUT2D eigenvalue weighted by molar-refractivity contribution is 6.18. The van der Waals surface area contributed by atoms with Gasteiger partial charge in [-0.3, -0.25) is 0 Å². The summed E-state index contributed by atoms with van der Waals surface area (Å²) in [4.78, 5) is 0. The molecular weight excluding hydrogens is 159 g/mol. The van der Waals surface area contributed by atoms with Gasteiger partial charge in [-0.2, -0.15) is 13.2 Å². The summed E-state index contributed by atoms with van der Waals surface area (Å²) in [6.45, 7) is 0.403. The first-order valence-corrected chi connectivity index (χ1v) is 2.66. The van der Waals surface area contributed by atoms with Crippen molar-refractivity contribution in [2.45, 2.75) is 18.8 Å². The Morgan fingerprint density at radius 3 is 1.56 bits per heavy atom. The molecule has 0 aromatic heterocycles. The number of halogens is 5. The minimum absolute atomic E-state index is 0.403. The molecule has 0 saturated carbocycles. The van der Waals surface area contributed by atoms with Crippen molar-refractivity contribution in [3.63, 3.8) is 0 Å². The fraction of sp³-hybridized carbons (Fsp3) is 1.00. The van der Waals surface area contributed by atoms with Crippen molar-refractivity contribution in [3.8, 4) is 0 Å². The Morgan fingerprint density at radius 1 is 1.22 bits per heavy atom. The van der Waals surface area contributed by atoms with Crippen LogP contribution in [0.4, 0.5) is 17.6 Å². The molecule has 1 unspecified atom stereocenters. The van der Waals surface area contributed by atoms with Gasteiger partial charge in [0.15, 0.2) is 0 Å². The molecule has 1 atom stereocenters. The summed E-state index contributed by atoms with van der Waals surface area (Å²) in [5, 5.41) is 0. The van der Waals surface area contributed by atoms with Crippen LogP contribution in [0, 0.1) is 0 Å². The third kappa shape index (κ3) is 2.01. The molecule has 0 radical (unpaired) electrons. The maximum atomic E-state index is 12.1. The lowest BCUT2D eigenvalue weighted by atomic mass is 10.2. The van der Waals surface area contributed by atoms with Crippen LogP contribution in [0.25, 0.3) is 0 Å². The first-order chi connectivity index (χ1) is 3.81. The van der Waals surface area contributed by atoms with Gasteiger partial charge in [-0.25, -0.2) is 4.39 Å². The molecule has 0 aromatic rings. The van der Waals surface area contributed by atoms with Crippen molar-refractivity contribution >= 4 is 11.6 Å². The molecular formula is C4H5ClF4. The fourth-order valence-corrected chi connectivity index (χ4v) is 0.227. The van der Waals surface area contributed by atoms with Crippen LogP contribution in [-0.4, -0.2) is 17.7 Å². The Morgan fingerprint density at radius 2 is 1.56 bits per heavy atom. The maximum absolute atomic E-state index is 12.1. The van der Waals surface area contributed by atoms with E-state index in [-0.39, 0.29) is 0 Å². The van der Waals surface area contributed by atoms with Crippen LogP contribution in [0.5, 0.6) is 0 Å². The van der Waals surface area contributed by atoms with Gasteiger partial charge in [-0.1, -0.05) is 0 Å². The molecule has 0 heterocycles. The van der Waals surface area contributed by atoms with Gasteiger partial charge in [-0.05, 0) is 6.92 Å². The van der Waals surface area contributed by atoms with E-state index in [2.05, 4.69) is 11.6 Å². The van der Waals surface area contributed by atoms with Gasteiger partial charge in [0.2, 0.25) is 5.67 Å². The standard InChI is InChI=1S/C4H5ClF4/c1-3(6,2-5)4(7,8)9/h2H2,1H3. The zero-order valence-electron chi connectivity index (χ0n) is 4.60. The van der Waals surface area contributed by atoms with E-state index in [1.54, 1.807) is 0 Å². The minimum Gasteiger partial charge on any atom is -0.233 e. The predicted octanol–water partition coefficient (Wildman–Crippen LogP) is 2.52. The van der Waals surface area contributed by atoms with Crippen LogP contribution in [0.1, 0.15) is 6.92 Å². The van der Waals surface area contributed by atoms with Crippen LogP contribution in [-0.2, 0) is 0 Å². The lowest BCUT2D eigenvalue weighted by Crippen LogP contribution is -2.39. The SMILES string of the molecule is CC(F)(CCl)C(F)(F)F. The molecule has 0 nitrogen and oxygen atoms in total. The zero-order chi connectivity index (χ0) is 7.71. The molecule has 0 amide bonds. The quantitative estimate of drug-likeness (QED) is 0.413. The molecule has 56 valence electrons. The van der Waals surface area contributed by atoms with Crippen LogP contribution >= 0.6 is 11.6 Å². The lowest BCUT2D eigenvalue weighted by Gasteiger charge is -2.19. The van der Waals surface area contributed by atoms with E-state index in [0.717, 1.165) is 0 Å². The second-order valence-corrected chi connectivity index (χ2v) is 2.10. The normalized spacial score (nSPS) is 19.3. The summed E-state index contributed by atoms with van der Waals surface area (Å²) in [7, 11) is 0. The first kappa shape index (κ1) is 9.01. The van der Waals surface area contributed by atoms with Gasteiger partial charge < -0.3 is 0 Å². The highest BCUT2D eigenvalue weighted by Gasteiger charge is 2.51. The van der Waals surface area contributed by atoms with E-state index in [9.17, 15) is 17.6 Å². The average Bonchev–Trinajstić information content (AvgIpc) is 1.64. The molecule has 0 fully saturated rings. The second kappa shape index (κ2) is 2.33. The summed E-state index contributed by atoms with van der Waals surface area (Å²) in [6.07, 6.45) is -4.85. The molecule has 5 heteroatoms. The van der Waals surface area contributed by atoms with Crippen molar-refractivity contribution in [2.75, 3.05) is 5.88 Å². The van der Waals surface area contributed by atoms with Crippen molar-refractivity contribution in [1.29, 1.82) is 0 Å². The summed E-state index contributed by atoms with van der Waals surface area (Å²) in [5.74, 6) is -1.06. The van der Waals surface area contributed by atoms with E-state index in [1.807, 2.05) is 0 Å². The van der Waals surface area contributed by atoms with Crippen molar-refractivity contribution in [1.82, 2.24) is 0 Å². The largest absolute Gasteiger partial charge is 0.423 e. The van der Waals surface area contributed by atoms with Crippen molar-refractivity contribution in [3.05, 3.63) is 0 Å². The van der Waals surface area contributed by atoms with E-state index >= 15 is 0 Å². The van der Waals surface area contributed by atoms with Crippen LogP contribution in [0.15, 0.2) is 0 Å². The molecule has 0 rings (SSSR count). The summed E-state index contributed by atoms with van der Waals surface area (Å²) >= 11 is 4.68.